The van der Waals surface area contributed by atoms with E-state index in [9.17, 15) is 10.2 Å². The first-order chi connectivity index (χ1) is 8.83. The highest BCUT2D eigenvalue weighted by molar-refractivity contribution is 6.32. The van der Waals surface area contributed by atoms with E-state index in [4.69, 9.17) is 16.3 Å². The van der Waals surface area contributed by atoms with Crippen molar-refractivity contribution in [1.82, 2.24) is 5.32 Å². The highest BCUT2D eigenvalue weighted by Crippen LogP contribution is 2.23. The van der Waals surface area contributed by atoms with Crippen LogP contribution in [0.4, 0.5) is 0 Å². The molecule has 0 bridgehead atoms. The lowest BCUT2D eigenvalue weighted by atomic mass is 9.99. The summed E-state index contributed by atoms with van der Waals surface area (Å²) in [4.78, 5) is 0. The van der Waals surface area contributed by atoms with Gasteiger partial charge in [-0.3, -0.25) is 0 Å². The van der Waals surface area contributed by atoms with E-state index in [0.29, 0.717) is 17.3 Å². The van der Waals surface area contributed by atoms with Crippen molar-refractivity contribution in [3.05, 3.63) is 29.3 Å². The van der Waals surface area contributed by atoms with Gasteiger partial charge in [-0.2, -0.15) is 0 Å². The van der Waals surface area contributed by atoms with Crippen LogP contribution in [-0.2, 0) is 0 Å². The van der Waals surface area contributed by atoms with Gasteiger partial charge in [0.15, 0.2) is 0 Å². The number of hydrogen-bond donors (Lipinski definition) is 3. The van der Waals surface area contributed by atoms with E-state index >= 15 is 0 Å². The second-order valence-corrected chi connectivity index (χ2v) is 5.58. The van der Waals surface area contributed by atoms with Crippen molar-refractivity contribution >= 4 is 11.6 Å². The summed E-state index contributed by atoms with van der Waals surface area (Å²) in [6.07, 6.45) is -1.18. The van der Waals surface area contributed by atoms with E-state index < -0.39 is 17.7 Å². The number of benzene rings is 1. The molecule has 0 amide bonds. The average molecular weight is 288 g/mol. The average Bonchev–Trinajstić information content (AvgIpc) is 2.35. The van der Waals surface area contributed by atoms with Gasteiger partial charge in [0.1, 0.15) is 18.5 Å². The van der Waals surface area contributed by atoms with Crippen molar-refractivity contribution in [3.8, 4) is 5.75 Å². The zero-order valence-corrected chi connectivity index (χ0v) is 12.3. The predicted octanol–water partition coefficient (Wildman–Crippen LogP) is 1.83. The molecule has 0 aliphatic heterocycles. The fraction of sp³-hybridized carbons (Fsp3) is 0.571. The topological polar surface area (TPSA) is 61.7 Å². The van der Waals surface area contributed by atoms with E-state index in [-0.39, 0.29) is 6.61 Å². The molecule has 0 aliphatic carbocycles. The number of para-hydroxylation sites is 1. The molecule has 2 atom stereocenters. The Labute approximate surface area is 119 Å². The first-order valence-corrected chi connectivity index (χ1v) is 6.69. The Morgan fingerprint density at radius 1 is 1.32 bits per heavy atom. The van der Waals surface area contributed by atoms with E-state index in [1.165, 1.54) is 0 Å². The molecule has 0 spiro atoms. The monoisotopic (exact) mass is 287 g/mol. The van der Waals surface area contributed by atoms with Crippen molar-refractivity contribution in [1.29, 1.82) is 0 Å². The third-order valence-electron chi connectivity index (χ3n) is 3.11. The van der Waals surface area contributed by atoms with Gasteiger partial charge in [-0.1, -0.05) is 23.7 Å². The van der Waals surface area contributed by atoms with Crippen molar-refractivity contribution in [3.63, 3.8) is 0 Å². The number of aliphatic hydroxyl groups excluding tert-OH is 2. The molecular formula is C14H22ClNO3. The molecule has 0 heterocycles. The Morgan fingerprint density at radius 3 is 2.53 bits per heavy atom. The number of halogens is 1. The number of ether oxygens (including phenoxy) is 1. The molecule has 3 N–H and O–H groups in total. The Balaban J connectivity index is 2.37. The molecule has 108 valence electrons. The van der Waals surface area contributed by atoms with Gasteiger partial charge in [0, 0.05) is 12.1 Å². The van der Waals surface area contributed by atoms with Crippen LogP contribution in [0.15, 0.2) is 24.3 Å². The molecule has 1 aromatic carbocycles. The van der Waals surface area contributed by atoms with Crippen LogP contribution in [0.25, 0.3) is 0 Å². The fourth-order valence-corrected chi connectivity index (χ4v) is 1.53. The van der Waals surface area contributed by atoms with Crippen LogP contribution in [-0.4, -0.2) is 41.1 Å². The molecule has 5 heteroatoms. The van der Waals surface area contributed by atoms with Crippen LogP contribution in [0.1, 0.15) is 20.8 Å². The molecular weight excluding hydrogens is 266 g/mol. The summed E-state index contributed by atoms with van der Waals surface area (Å²) >= 11 is 5.94. The van der Waals surface area contributed by atoms with E-state index in [0.717, 1.165) is 0 Å². The Kier molecular flexibility index (Phi) is 6.07. The Bertz CT molecular complexity index is 396. The molecule has 0 aromatic heterocycles. The first-order valence-electron chi connectivity index (χ1n) is 6.31. The Hall–Kier alpha value is -0.810. The molecule has 2 unspecified atom stereocenters. The molecule has 1 rings (SSSR count). The summed E-state index contributed by atoms with van der Waals surface area (Å²) < 4.78 is 5.44. The van der Waals surface area contributed by atoms with Crippen LogP contribution in [0, 0.1) is 0 Å². The van der Waals surface area contributed by atoms with Gasteiger partial charge >= 0.3 is 0 Å². The molecule has 0 saturated heterocycles. The summed E-state index contributed by atoms with van der Waals surface area (Å²) in [7, 11) is 0. The van der Waals surface area contributed by atoms with Crippen LogP contribution in [0.5, 0.6) is 5.75 Å². The van der Waals surface area contributed by atoms with Gasteiger partial charge in [0.2, 0.25) is 0 Å². The zero-order chi connectivity index (χ0) is 14.5. The van der Waals surface area contributed by atoms with Crippen molar-refractivity contribution in [2.75, 3.05) is 13.2 Å². The van der Waals surface area contributed by atoms with Gasteiger partial charge in [0.25, 0.3) is 0 Å². The maximum absolute atomic E-state index is 9.83. The van der Waals surface area contributed by atoms with Gasteiger partial charge in [-0.15, -0.1) is 0 Å². The molecule has 19 heavy (non-hydrogen) atoms. The van der Waals surface area contributed by atoms with Crippen LogP contribution >= 0.6 is 11.6 Å². The third kappa shape index (κ3) is 5.37. The van der Waals surface area contributed by atoms with Gasteiger partial charge in [-0.25, -0.2) is 0 Å². The molecule has 4 nitrogen and oxygen atoms in total. The SMILES string of the molecule is CC(O)C(C)(C)NCC(O)COc1ccccc1Cl. The summed E-state index contributed by atoms with van der Waals surface area (Å²) in [5.41, 5.74) is -0.453. The van der Waals surface area contributed by atoms with Crippen molar-refractivity contribution in [2.45, 2.75) is 38.5 Å². The van der Waals surface area contributed by atoms with E-state index in [1.54, 1.807) is 19.1 Å². The fourth-order valence-electron chi connectivity index (χ4n) is 1.34. The normalized spacial score (nSPS) is 15.1. The van der Waals surface area contributed by atoms with Crippen LogP contribution < -0.4 is 10.1 Å². The van der Waals surface area contributed by atoms with Crippen LogP contribution in [0.3, 0.4) is 0 Å². The minimum absolute atomic E-state index is 0.145. The number of rotatable bonds is 7. The molecule has 0 radical (unpaired) electrons. The van der Waals surface area contributed by atoms with Crippen molar-refractivity contribution in [2.24, 2.45) is 0 Å². The number of β-amino-alcohol motifs (C(OH)–C–C–N with tert-alkyl or cyclic N) is 1. The zero-order valence-electron chi connectivity index (χ0n) is 11.6. The lowest BCUT2D eigenvalue weighted by molar-refractivity contribution is 0.0648. The second-order valence-electron chi connectivity index (χ2n) is 5.17. The summed E-state index contributed by atoms with van der Waals surface area (Å²) in [5.74, 6) is 0.554. The number of hydrogen-bond acceptors (Lipinski definition) is 4. The maximum Gasteiger partial charge on any atom is 0.138 e. The van der Waals surface area contributed by atoms with Gasteiger partial charge < -0.3 is 20.3 Å². The number of aliphatic hydroxyl groups is 2. The molecule has 1 aromatic rings. The lowest BCUT2D eigenvalue weighted by Crippen LogP contribution is -2.51. The third-order valence-corrected chi connectivity index (χ3v) is 3.42. The predicted molar refractivity (Wildman–Crippen MR) is 76.7 cm³/mol. The van der Waals surface area contributed by atoms with E-state index in [2.05, 4.69) is 5.32 Å². The minimum Gasteiger partial charge on any atom is -0.489 e. The molecule has 0 aliphatic rings. The summed E-state index contributed by atoms with van der Waals surface area (Å²) in [6.45, 7) is 5.94. The minimum atomic E-state index is -0.672. The van der Waals surface area contributed by atoms with Gasteiger partial charge in [0.05, 0.1) is 11.1 Å². The highest BCUT2D eigenvalue weighted by atomic mass is 35.5. The lowest BCUT2D eigenvalue weighted by Gasteiger charge is -2.30. The van der Waals surface area contributed by atoms with Crippen LogP contribution in [0.2, 0.25) is 5.02 Å². The van der Waals surface area contributed by atoms with Crippen molar-refractivity contribution < 1.29 is 14.9 Å². The summed E-state index contributed by atoms with van der Waals surface area (Å²) in [6, 6.07) is 7.13. The smallest absolute Gasteiger partial charge is 0.138 e. The second kappa shape index (κ2) is 7.10. The Morgan fingerprint density at radius 2 is 1.95 bits per heavy atom. The molecule has 0 fully saturated rings. The summed E-state index contributed by atoms with van der Waals surface area (Å²) in [5, 5.41) is 23.0. The largest absolute Gasteiger partial charge is 0.489 e. The van der Waals surface area contributed by atoms with Gasteiger partial charge in [-0.05, 0) is 32.9 Å². The quantitative estimate of drug-likeness (QED) is 0.716. The maximum atomic E-state index is 9.83. The highest BCUT2D eigenvalue weighted by Gasteiger charge is 2.24. The molecule has 0 saturated carbocycles. The standard InChI is InChI=1S/C14H22ClNO3/c1-10(17)14(2,3)16-8-11(18)9-19-13-7-5-4-6-12(13)15/h4-7,10-11,16-18H,8-9H2,1-3H3. The number of nitrogens with one attached hydrogen (secondary N) is 1. The van der Waals surface area contributed by atoms with E-state index in [1.807, 2.05) is 26.0 Å². The first kappa shape index (κ1) is 16.2.